The Morgan fingerprint density at radius 3 is 2.29 bits per heavy atom. The predicted molar refractivity (Wildman–Crippen MR) is 113 cm³/mol. The zero-order chi connectivity index (χ0) is 20.6. The quantitative estimate of drug-likeness (QED) is 0.676. The molecule has 6 heteroatoms. The van der Waals surface area contributed by atoms with E-state index in [9.17, 15) is 14.7 Å². The third-order valence-electron chi connectivity index (χ3n) is 4.57. The molecule has 28 heavy (non-hydrogen) atoms. The first-order chi connectivity index (χ1) is 13.3. The van der Waals surface area contributed by atoms with Crippen molar-refractivity contribution in [2.75, 3.05) is 18.4 Å². The molecule has 2 aromatic rings. The minimum Gasteiger partial charge on any atom is -0.389 e. The molecule has 1 saturated heterocycles. The molecule has 0 aromatic heterocycles. The lowest BCUT2D eigenvalue weighted by atomic mass is 9.86. The third-order valence-corrected chi connectivity index (χ3v) is 4.88. The molecule has 1 fully saturated rings. The van der Waals surface area contributed by atoms with Crippen molar-refractivity contribution in [3.05, 3.63) is 64.7 Å². The zero-order valence-electron chi connectivity index (χ0n) is 16.3. The highest BCUT2D eigenvalue weighted by molar-refractivity contribution is 6.34. The van der Waals surface area contributed by atoms with Crippen LogP contribution in [0.4, 0.5) is 5.69 Å². The van der Waals surface area contributed by atoms with E-state index in [2.05, 4.69) is 29.7 Å². The summed E-state index contributed by atoms with van der Waals surface area (Å²) in [5.41, 5.74) is 1.30. The van der Waals surface area contributed by atoms with Crippen molar-refractivity contribution < 1.29 is 14.7 Å². The van der Waals surface area contributed by atoms with Gasteiger partial charge in [-0.2, -0.15) is 0 Å². The van der Waals surface area contributed by atoms with Crippen LogP contribution in [-0.2, 0) is 4.79 Å². The van der Waals surface area contributed by atoms with Gasteiger partial charge in [0, 0.05) is 18.9 Å². The predicted octanol–water partition coefficient (Wildman–Crippen LogP) is 3.98. The summed E-state index contributed by atoms with van der Waals surface area (Å²) < 4.78 is 0. The van der Waals surface area contributed by atoms with E-state index in [1.165, 1.54) is 18.6 Å². The summed E-state index contributed by atoms with van der Waals surface area (Å²) in [7, 11) is 0. The largest absolute Gasteiger partial charge is 0.389 e. The van der Waals surface area contributed by atoms with Crippen molar-refractivity contribution >= 4 is 29.0 Å². The maximum atomic E-state index is 12.3. The second kappa shape index (κ2) is 10.4. The van der Waals surface area contributed by atoms with Crippen LogP contribution in [-0.4, -0.2) is 35.5 Å². The minimum atomic E-state index is -0.939. The number of ketones is 1. The molecule has 1 aliphatic rings. The molecule has 0 unspecified atom stereocenters. The van der Waals surface area contributed by atoms with Crippen LogP contribution in [0.2, 0.25) is 5.02 Å². The van der Waals surface area contributed by atoms with Crippen molar-refractivity contribution in [1.29, 1.82) is 0 Å². The number of benzene rings is 2. The Morgan fingerprint density at radius 1 is 1.14 bits per heavy atom. The highest BCUT2D eigenvalue weighted by atomic mass is 35.5. The van der Waals surface area contributed by atoms with Crippen molar-refractivity contribution in [1.82, 2.24) is 5.32 Å². The molecule has 1 aliphatic heterocycles. The fourth-order valence-corrected chi connectivity index (χ4v) is 3.21. The summed E-state index contributed by atoms with van der Waals surface area (Å²) in [5, 5.41) is 16.5. The van der Waals surface area contributed by atoms with Gasteiger partial charge < -0.3 is 15.7 Å². The number of hydrogen-bond donors (Lipinski definition) is 3. The van der Waals surface area contributed by atoms with Crippen LogP contribution in [0.3, 0.4) is 0 Å². The number of carbonyl (C=O) groups is 2. The summed E-state index contributed by atoms with van der Waals surface area (Å²) in [6.45, 7) is 4.90. The lowest BCUT2D eigenvalue weighted by Crippen LogP contribution is -2.43. The van der Waals surface area contributed by atoms with Gasteiger partial charge in [0.05, 0.1) is 16.3 Å². The van der Waals surface area contributed by atoms with Gasteiger partial charge >= 0.3 is 0 Å². The number of carbonyl (C=O) groups excluding carboxylic acids is 2. The average Bonchev–Trinajstić information content (AvgIpc) is 2.64. The van der Waals surface area contributed by atoms with E-state index in [-0.39, 0.29) is 18.1 Å². The minimum absolute atomic E-state index is 0.0878. The second-order valence-corrected chi connectivity index (χ2v) is 7.51. The summed E-state index contributed by atoms with van der Waals surface area (Å²) in [5.74, 6) is -0.365. The van der Waals surface area contributed by atoms with E-state index < -0.39 is 5.60 Å². The first-order valence-corrected chi connectivity index (χ1v) is 9.72. The summed E-state index contributed by atoms with van der Waals surface area (Å²) >= 11 is 6.06. The normalized spacial score (nSPS) is 15.1. The Kier molecular flexibility index (Phi) is 8.18. The molecule has 5 nitrogen and oxygen atoms in total. The smallest absolute Gasteiger partial charge is 0.221 e. The molecule has 0 aliphatic carbocycles. The van der Waals surface area contributed by atoms with Gasteiger partial charge in [-0.3, -0.25) is 9.59 Å². The number of aryl methyl sites for hydroxylation is 1. The van der Waals surface area contributed by atoms with Crippen LogP contribution in [0.25, 0.3) is 0 Å². The standard InChI is InChI=1S/C15H19ClN2O3.C7H8/c1-10(19)18-13-3-2-11(8-12(13)16)14(20)9-15(21)4-6-17-7-5-15;1-7-5-3-2-4-6-7/h2-3,8,17,21H,4-7,9H2,1H3,(H,18,19);2-6H,1H3. The summed E-state index contributed by atoms with van der Waals surface area (Å²) in [6.07, 6.45) is 1.22. The Balaban J connectivity index is 0.000000336. The van der Waals surface area contributed by atoms with E-state index in [1.54, 1.807) is 12.1 Å². The molecule has 0 spiro atoms. The monoisotopic (exact) mass is 402 g/mol. The van der Waals surface area contributed by atoms with Gasteiger partial charge in [0.1, 0.15) is 0 Å². The van der Waals surface area contributed by atoms with Crippen LogP contribution >= 0.6 is 11.6 Å². The number of rotatable bonds is 4. The number of anilines is 1. The van der Waals surface area contributed by atoms with Gasteiger partial charge in [0.25, 0.3) is 0 Å². The highest BCUT2D eigenvalue weighted by Gasteiger charge is 2.32. The first kappa shape index (κ1) is 22.1. The molecule has 3 N–H and O–H groups in total. The molecular formula is C22H27ClN2O3. The van der Waals surface area contributed by atoms with E-state index in [0.29, 0.717) is 42.2 Å². The molecule has 0 radical (unpaired) electrons. The molecule has 0 saturated carbocycles. The van der Waals surface area contributed by atoms with Crippen LogP contribution in [0.5, 0.6) is 0 Å². The molecule has 2 aromatic carbocycles. The van der Waals surface area contributed by atoms with Gasteiger partial charge in [-0.25, -0.2) is 0 Å². The number of halogens is 1. The number of amides is 1. The van der Waals surface area contributed by atoms with Crippen molar-refractivity contribution in [2.24, 2.45) is 0 Å². The number of piperidine rings is 1. The molecule has 1 amide bonds. The first-order valence-electron chi connectivity index (χ1n) is 9.34. The number of Topliss-reactive ketones (excluding diaryl/α,β-unsaturated/α-hetero) is 1. The van der Waals surface area contributed by atoms with E-state index in [0.717, 1.165) is 0 Å². The van der Waals surface area contributed by atoms with Gasteiger partial charge in [-0.05, 0) is 51.1 Å². The highest BCUT2D eigenvalue weighted by Crippen LogP contribution is 2.27. The fourth-order valence-electron chi connectivity index (χ4n) is 2.98. The lowest BCUT2D eigenvalue weighted by molar-refractivity contribution is -0.114. The molecular weight excluding hydrogens is 376 g/mol. The summed E-state index contributed by atoms with van der Waals surface area (Å²) in [4.78, 5) is 23.3. The molecule has 3 rings (SSSR count). The topological polar surface area (TPSA) is 78.4 Å². The number of aliphatic hydroxyl groups is 1. The maximum absolute atomic E-state index is 12.3. The number of hydrogen-bond acceptors (Lipinski definition) is 4. The van der Waals surface area contributed by atoms with E-state index in [1.807, 2.05) is 18.2 Å². The van der Waals surface area contributed by atoms with E-state index >= 15 is 0 Å². The molecule has 0 atom stereocenters. The van der Waals surface area contributed by atoms with Gasteiger partial charge in [0.15, 0.2) is 5.78 Å². The van der Waals surface area contributed by atoms with Crippen molar-refractivity contribution in [3.8, 4) is 0 Å². The van der Waals surface area contributed by atoms with Crippen LogP contribution in [0.1, 0.15) is 42.1 Å². The SMILES string of the molecule is CC(=O)Nc1ccc(C(=O)CC2(O)CCNCC2)cc1Cl.Cc1ccccc1. The summed E-state index contributed by atoms with van der Waals surface area (Å²) in [6, 6.07) is 15.0. The molecule has 1 heterocycles. The Labute approximate surface area is 171 Å². The lowest BCUT2D eigenvalue weighted by Gasteiger charge is -2.32. The maximum Gasteiger partial charge on any atom is 0.221 e. The van der Waals surface area contributed by atoms with Crippen LogP contribution in [0, 0.1) is 6.92 Å². The van der Waals surface area contributed by atoms with Crippen LogP contribution in [0.15, 0.2) is 48.5 Å². The Morgan fingerprint density at radius 2 is 1.79 bits per heavy atom. The third kappa shape index (κ3) is 7.08. The Hall–Kier alpha value is -2.21. The van der Waals surface area contributed by atoms with Crippen molar-refractivity contribution in [2.45, 2.75) is 38.7 Å². The molecule has 150 valence electrons. The van der Waals surface area contributed by atoms with Gasteiger partial charge in [-0.15, -0.1) is 0 Å². The average molecular weight is 403 g/mol. The van der Waals surface area contributed by atoms with E-state index in [4.69, 9.17) is 11.6 Å². The Bertz CT molecular complexity index is 803. The van der Waals surface area contributed by atoms with Gasteiger partial charge in [-0.1, -0.05) is 47.5 Å². The van der Waals surface area contributed by atoms with Crippen molar-refractivity contribution in [3.63, 3.8) is 0 Å². The van der Waals surface area contributed by atoms with Gasteiger partial charge in [0.2, 0.25) is 5.91 Å². The number of nitrogens with one attached hydrogen (secondary N) is 2. The van der Waals surface area contributed by atoms with Crippen LogP contribution < -0.4 is 10.6 Å². The fraction of sp³-hybridized carbons (Fsp3) is 0.364. The zero-order valence-corrected chi connectivity index (χ0v) is 17.1. The second-order valence-electron chi connectivity index (χ2n) is 7.10. The molecule has 0 bridgehead atoms.